The lowest BCUT2D eigenvalue weighted by Gasteiger charge is -2.07. The van der Waals surface area contributed by atoms with Gasteiger partial charge < -0.3 is 25.1 Å². The highest BCUT2D eigenvalue weighted by molar-refractivity contribution is 5.90. The summed E-state index contributed by atoms with van der Waals surface area (Å²) in [5, 5.41) is 27.9. The van der Waals surface area contributed by atoms with Crippen LogP contribution < -0.4 is 10.4 Å². The fraction of sp³-hybridized carbons (Fsp3) is 0. The van der Waals surface area contributed by atoms with Crippen LogP contribution >= 0.6 is 0 Å². The molecule has 2 aromatic heterocycles. The zero-order chi connectivity index (χ0) is 13.3. The second-order valence-corrected chi connectivity index (χ2v) is 3.31. The predicted molar refractivity (Wildman–Crippen MR) is 57.4 cm³/mol. The van der Waals surface area contributed by atoms with Gasteiger partial charge in [0.2, 0.25) is 17.3 Å². The van der Waals surface area contributed by atoms with E-state index >= 15 is 0 Å². The number of carbonyl (C=O) groups is 1. The molecule has 0 unspecified atom stereocenters. The molecule has 0 aliphatic carbocycles. The van der Waals surface area contributed by atoms with Crippen molar-refractivity contribution in [2.24, 2.45) is 0 Å². The van der Waals surface area contributed by atoms with Gasteiger partial charge >= 0.3 is 5.97 Å². The Kier molecular flexibility index (Phi) is 2.68. The third-order valence-corrected chi connectivity index (χ3v) is 2.07. The van der Waals surface area contributed by atoms with E-state index < -0.39 is 34.7 Å². The molecule has 4 N–H and O–H groups in total. The summed E-state index contributed by atoms with van der Waals surface area (Å²) in [7, 11) is 0. The highest BCUT2D eigenvalue weighted by Gasteiger charge is 2.18. The van der Waals surface area contributed by atoms with E-state index in [-0.39, 0.29) is 0 Å². The van der Waals surface area contributed by atoms with Crippen LogP contribution in [0, 0.1) is 0 Å². The van der Waals surface area contributed by atoms with Gasteiger partial charge in [0.15, 0.2) is 5.69 Å². The Labute approximate surface area is 99.3 Å². The zero-order valence-electron chi connectivity index (χ0n) is 8.82. The molecule has 2 aromatic rings. The lowest BCUT2D eigenvalue weighted by atomic mass is 10.3. The molecule has 0 atom stereocenters. The minimum absolute atomic E-state index is 0.438. The summed E-state index contributed by atoms with van der Waals surface area (Å²) < 4.78 is 0.438. The van der Waals surface area contributed by atoms with E-state index in [1.807, 2.05) is 0 Å². The maximum Gasteiger partial charge on any atom is 0.383 e. The first-order valence-electron chi connectivity index (χ1n) is 4.73. The fourth-order valence-electron chi connectivity index (χ4n) is 1.25. The van der Waals surface area contributed by atoms with Crippen molar-refractivity contribution in [2.75, 3.05) is 0 Å². The van der Waals surface area contributed by atoms with Crippen LogP contribution in [0.4, 0.5) is 0 Å². The molecule has 2 rings (SSSR count). The third kappa shape index (κ3) is 1.98. The number of hydrogen-bond donors (Lipinski definition) is 4. The summed E-state index contributed by atoms with van der Waals surface area (Å²) in [5.41, 5.74) is -1.10. The summed E-state index contributed by atoms with van der Waals surface area (Å²) in [4.78, 5) is 29.3. The largest absolute Gasteiger partial charge is 0.505 e. The molecule has 0 saturated heterocycles. The first-order chi connectivity index (χ1) is 8.49. The summed E-state index contributed by atoms with van der Waals surface area (Å²) in [5.74, 6) is -2.67. The van der Waals surface area contributed by atoms with E-state index in [2.05, 4.69) is 9.82 Å². The Hall–Kier alpha value is -2.90. The molecule has 8 nitrogen and oxygen atoms in total. The number of aromatic amines is 1. The van der Waals surface area contributed by atoms with E-state index in [4.69, 9.17) is 0 Å². The van der Waals surface area contributed by atoms with Crippen LogP contribution in [0.5, 0.6) is 17.5 Å². The van der Waals surface area contributed by atoms with Gasteiger partial charge in [-0.25, -0.2) is 4.79 Å². The average Bonchev–Trinajstić information content (AvgIpc) is 2.64. The van der Waals surface area contributed by atoms with Crippen LogP contribution in [0.2, 0.25) is 0 Å². The van der Waals surface area contributed by atoms with E-state index in [0.29, 0.717) is 4.73 Å². The number of aromatic hydroxyl groups is 3. The van der Waals surface area contributed by atoms with Gasteiger partial charge in [-0.3, -0.25) is 4.79 Å². The predicted octanol–water partition coefficient (Wildman–Crippen LogP) is -0.438. The van der Waals surface area contributed by atoms with Crippen molar-refractivity contribution in [2.45, 2.75) is 0 Å². The molecular weight excluding hydrogens is 244 g/mol. The van der Waals surface area contributed by atoms with Crippen LogP contribution in [0.3, 0.4) is 0 Å². The Morgan fingerprint density at radius 2 is 1.72 bits per heavy atom. The van der Waals surface area contributed by atoms with Crippen molar-refractivity contribution < 1.29 is 25.0 Å². The lowest BCUT2D eigenvalue weighted by molar-refractivity contribution is 0.0371. The summed E-state index contributed by atoms with van der Waals surface area (Å²) in [6.45, 7) is 0. The Balaban J connectivity index is 2.33. The monoisotopic (exact) mass is 252 g/mol. The van der Waals surface area contributed by atoms with E-state index in [0.717, 1.165) is 24.3 Å². The molecule has 2 heterocycles. The fourth-order valence-corrected chi connectivity index (χ4v) is 1.25. The van der Waals surface area contributed by atoms with Crippen molar-refractivity contribution in [1.82, 2.24) is 9.71 Å². The van der Waals surface area contributed by atoms with E-state index in [1.54, 1.807) is 0 Å². The van der Waals surface area contributed by atoms with Gasteiger partial charge in [0.05, 0.1) is 0 Å². The van der Waals surface area contributed by atoms with Gasteiger partial charge in [0, 0.05) is 18.2 Å². The van der Waals surface area contributed by atoms with Crippen LogP contribution in [0.25, 0.3) is 0 Å². The maximum absolute atomic E-state index is 11.6. The van der Waals surface area contributed by atoms with Gasteiger partial charge in [-0.05, 0) is 6.07 Å². The molecule has 94 valence electrons. The van der Waals surface area contributed by atoms with E-state index in [9.17, 15) is 24.9 Å². The minimum atomic E-state index is -1.15. The summed E-state index contributed by atoms with van der Waals surface area (Å²) in [6.07, 6.45) is 0. The summed E-state index contributed by atoms with van der Waals surface area (Å²) in [6, 6.07) is 4.23. The third-order valence-electron chi connectivity index (χ3n) is 2.07. The molecule has 0 aromatic carbocycles. The number of hydrogen-bond acceptors (Lipinski definition) is 6. The maximum atomic E-state index is 11.6. The van der Waals surface area contributed by atoms with Gasteiger partial charge in [-0.15, -0.1) is 4.73 Å². The number of nitrogens with zero attached hydrogens (tertiary/aromatic N) is 1. The van der Waals surface area contributed by atoms with Crippen molar-refractivity contribution in [1.29, 1.82) is 0 Å². The number of rotatable bonds is 2. The zero-order valence-corrected chi connectivity index (χ0v) is 8.82. The Bertz CT molecular complexity index is 637. The molecule has 18 heavy (non-hydrogen) atoms. The number of nitrogens with one attached hydrogen (secondary N) is 1. The second kappa shape index (κ2) is 4.17. The molecule has 8 heteroatoms. The molecule has 0 amide bonds. The molecular formula is C10H8N2O6. The molecule has 0 spiro atoms. The molecule has 0 saturated carbocycles. The lowest BCUT2D eigenvalue weighted by Crippen LogP contribution is -2.22. The minimum Gasteiger partial charge on any atom is -0.505 e. The SMILES string of the molecule is O=C(On1c(O)ccc1O)c1[nH]c(=O)ccc1O. The first kappa shape index (κ1) is 11.6. The number of carbonyl (C=O) groups excluding carboxylic acids is 1. The Morgan fingerprint density at radius 3 is 2.33 bits per heavy atom. The quantitative estimate of drug-likeness (QED) is 0.574. The number of H-pyrrole nitrogens is 1. The standard InChI is InChI=1S/C10H8N2O6/c13-5-1-2-6(14)11-9(5)10(17)18-12-7(15)3-4-8(12)16/h1-4,13,15-16H,(H,11,14). The van der Waals surface area contributed by atoms with Crippen LogP contribution in [0.15, 0.2) is 29.1 Å². The first-order valence-corrected chi connectivity index (χ1v) is 4.73. The highest BCUT2D eigenvalue weighted by atomic mass is 16.7. The smallest absolute Gasteiger partial charge is 0.383 e. The molecule has 0 aliphatic heterocycles. The van der Waals surface area contributed by atoms with Gasteiger partial charge in [0.1, 0.15) is 5.75 Å². The second-order valence-electron chi connectivity index (χ2n) is 3.31. The van der Waals surface area contributed by atoms with Crippen LogP contribution in [-0.2, 0) is 0 Å². The number of pyridine rings is 1. The number of aromatic nitrogens is 2. The molecule has 0 fully saturated rings. The average molecular weight is 252 g/mol. The molecule has 0 radical (unpaired) electrons. The summed E-state index contributed by atoms with van der Waals surface area (Å²) >= 11 is 0. The van der Waals surface area contributed by atoms with Crippen LogP contribution in [-0.4, -0.2) is 31.0 Å². The molecule has 0 bridgehead atoms. The Morgan fingerprint density at radius 1 is 1.11 bits per heavy atom. The van der Waals surface area contributed by atoms with Crippen molar-refractivity contribution in [3.05, 3.63) is 40.3 Å². The highest BCUT2D eigenvalue weighted by Crippen LogP contribution is 2.20. The van der Waals surface area contributed by atoms with Gasteiger partial charge in [0.25, 0.3) is 0 Å². The van der Waals surface area contributed by atoms with Crippen LogP contribution in [0.1, 0.15) is 10.5 Å². The van der Waals surface area contributed by atoms with Gasteiger partial charge in [-0.2, -0.15) is 0 Å². The normalized spacial score (nSPS) is 10.2. The van der Waals surface area contributed by atoms with Gasteiger partial charge in [-0.1, -0.05) is 0 Å². The van der Waals surface area contributed by atoms with E-state index in [1.165, 1.54) is 0 Å². The van der Waals surface area contributed by atoms with Crippen molar-refractivity contribution in [3.63, 3.8) is 0 Å². The van der Waals surface area contributed by atoms with Crippen molar-refractivity contribution in [3.8, 4) is 17.5 Å². The molecule has 0 aliphatic rings. The van der Waals surface area contributed by atoms with Crippen molar-refractivity contribution >= 4 is 5.97 Å². The topological polar surface area (TPSA) is 125 Å².